The Morgan fingerprint density at radius 1 is 1.35 bits per heavy atom. The number of rotatable bonds is 6. The van der Waals surface area contributed by atoms with Gasteiger partial charge >= 0.3 is 5.91 Å². The summed E-state index contributed by atoms with van der Waals surface area (Å²) in [6.45, 7) is 5.83. The first kappa shape index (κ1) is 17.1. The first-order chi connectivity index (χ1) is 11.0. The van der Waals surface area contributed by atoms with Crippen LogP contribution in [-0.4, -0.2) is 30.3 Å². The third kappa shape index (κ3) is 4.35. The van der Waals surface area contributed by atoms with Crippen LogP contribution in [0.2, 0.25) is 0 Å². The Kier molecular flexibility index (Phi) is 5.81. The van der Waals surface area contributed by atoms with Gasteiger partial charge in [0.15, 0.2) is 10.4 Å². The Bertz CT molecular complexity index is 708. The first-order valence-corrected chi connectivity index (χ1v) is 8.01. The topological polar surface area (TPSA) is 78.1 Å². The second-order valence-electron chi connectivity index (χ2n) is 4.72. The van der Waals surface area contributed by atoms with E-state index < -0.39 is 5.91 Å². The number of anilines is 1. The van der Waals surface area contributed by atoms with Gasteiger partial charge in [0.05, 0.1) is 6.21 Å². The summed E-state index contributed by atoms with van der Waals surface area (Å²) in [5.41, 5.74) is 3.80. The molecule has 2 rings (SSSR count). The molecule has 2 N–H and O–H groups in total. The molecular formula is C16H18BrN3O3. The molecule has 2 aromatic rings. The van der Waals surface area contributed by atoms with Crippen LogP contribution >= 0.6 is 15.9 Å². The molecule has 0 saturated heterocycles. The largest absolute Gasteiger partial charge is 0.507 e. The van der Waals surface area contributed by atoms with Gasteiger partial charge in [0.1, 0.15) is 5.75 Å². The molecule has 1 amide bonds. The van der Waals surface area contributed by atoms with Gasteiger partial charge in [-0.3, -0.25) is 4.79 Å². The van der Waals surface area contributed by atoms with Gasteiger partial charge < -0.3 is 14.4 Å². The third-order valence-corrected chi connectivity index (χ3v) is 3.74. The fraction of sp³-hybridized carbons (Fsp3) is 0.250. The number of phenols is 1. The molecule has 0 aliphatic carbocycles. The fourth-order valence-corrected chi connectivity index (χ4v) is 2.39. The maximum Gasteiger partial charge on any atom is 0.307 e. The van der Waals surface area contributed by atoms with Crippen LogP contribution in [0.15, 0.2) is 44.5 Å². The van der Waals surface area contributed by atoms with Crippen LogP contribution in [-0.2, 0) is 0 Å². The molecule has 0 radical (unpaired) electrons. The van der Waals surface area contributed by atoms with E-state index in [9.17, 15) is 9.90 Å². The molecule has 7 heteroatoms. The quantitative estimate of drug-likeness (QED) is 0.595. The van der Waals surface area contributed by atoms with Crippen LogP contribution in [0.25, 0.3) is 0 Å². The van der Waals surface area contributed by atoms with Crippen LogP contribution in [0.5, 0.6) is 5.75 Å². The summed E-state index contributed by atoms with van der Waals surface area (Å²) < 4.78 is 5.58. The predicted octanol–water partition coefficient (Wildman–Crippen LogP) is 3.36. The van der Waals surface area contributed by atoms with Gasteiger partial charge in [-0.1, -0.05) is 0 Å². The molecule has 0 spiro atoms. The van der Waals surface area contributed by atoms with Crippen LogP contribution in [0.4, 0.5) is 5.69 Å². The number of aromatic hydroxyl groups is 1. The second kappa shape index (κ2) is 7.82. The minimum absolute atomic E-state index is 0.105. The van der Waals surface area contributed by atoms with E-state index >= 15 is 0 Å². The van der Waals surface area contributed by atoms with Crippen molar-refractivity contribution in [1.82, 2.24) is 5.43 Å². The summed E-state index contributed by atoms with van der Waals surface area (Å²) in [7, 11) is 0. The lowest BCUT2D eigenvalue weighted by Gasteiger charge is -2.21. The van der Waals surface area contributed by atoms with E-state index in [-0.39, 0.29) is 11.5 Å². The molecule has 6 nitrogen and oxygen atoms in total. The summed E-state index contributed by atoms with van der Waals surface area (Å²) >= 11 is 3.12. The lowest BCUT2D eigenvalue weighted by Crippen LogP contribution is -2.21. The van der Waals surface area contributed by atoms with Crippen molar-refractivity contribution in [3.8, 4) is 5.75 Å². The Hall–Kier alpha value is -2.28. The number of amides is 1. The number of nitrogens with zero attached hydrogens (tertiary/aromatic N) is 2. The highest BCUT2D eigenvalue weighted by molar-refractivity contribution is 9.10. The lowest BCUT2D eigenvalue weighted by atomic mass is 10.2. The molecule has 1 aromatic carbocycles. The van der Waals surface area contributed by atoms with Gasteiger partial charge in [-0.25, -0.2) is 5.43 Å². The van der Waals surface area contributed by atoms with Gasteiger partial charge in [-0.05, 0) is 54.0 Å². The minimum Gasteiger partial charge on any atom is -0.507 e. The number of phenolic OH excluding ortho intramolecular Hbond substituents is 1. The highest BCUT2D eigenvalue weighted by Gasteiger charge is 2.09. The number of carbonyl (C=O) groups is 1. The second-order valence-corrected chi connectivity index (χ2v) is 5.50. The molecule has 0 saturated carbocycles. The summed E-state index contributed by atoms with van der Waals surface area (Å²) in [6.07, 6.45) is 1.39. The number of hydrazone groups is 1. The van der Waals surface area contributed by atoms with E-state index in [0.29, 0.717) is 10.2 Å². The zero-order valence-corrected chi connectivity index (χ0v) is 14.5. The summed E-state index contributed by atoms with van der Waals surface area (Å²) in [5.74, 6) is -0.213. The van der Waals surface area contributed by atoms with Crippen molar-refractivity contribution >= 4 is 33.7 Å². The van der Waals surface area contributed by atoms with E-state index in [1.165, 1.54) is 12.3 Å². The van der Waals surface area contributed by atoms with Gasteiger partial charge in [0.25, 0.3) is 0 Å². The average Bonchev–Trinajstić information content (AvgIpc) is 2.97. The normalized spacial score (nSPS) is 10.9. The first-order valence-electron chi connectivity index (χ1n) is 7.21. The Morgan fingerprint density at radius 3 is 2.65 bits per heavy atom. The van der Waals surface area contributed by atoms with Crippen molar-refractivity contribution in [1.29, 1.82) is 0 Å². The Morgan fingerprint density at radius 2 is 2.09 bits per heavy atom. The number of nitrogens with one attached hydrogen (secondary N) is 1. The van der Waals surface area contributed by atoms with E-state index in [1.807, 2.05) is 6.07 Å². The highest BCUT2D eigenvalue weighted by Crippen LogP contribution is 2.23. The van der Waals surface area contributed by atoms with Gasteiger partial charge in [-0.15, -0.1) is 0 Å². The van der Waals surface area contributed by atoms with Crippen LogP contribution in [0.1, 0.15) is 30.0 Å². The van der Waals surface area contributed by atoms with Crippen molar-refractivity contribution in [3.63, 3.8) is 0 Å². The van der Waals surface area contributed by atoms with Crippen LogP contribution < -0.4 is 10.3 Å². The number of carbonyl (C=O) groups excluding carboxylic acids is 1. The molecule has 0 unspecified atom stereocenters. The molecule has 122 valence electrons. The zero-order valence-electron chi connectivity index (χ0n) is 12.9. The van der Waals surface area contributed by atoms with E-state index in [1.54, 1.807) is 18.2 Å². The number of benzene rings is 1. The van der Waals surface area contributed by atoms with Crippen molar-refractivity contribution < 1.29 is 14.3 Å². The number of furan rings is 1. The predicted molar refractivity (Wildman–Crippen MR) is 93.1 cm³/mol. The van der Waals surface area contributed by atoms with Crippen molar-refractivity contribution in [3.05, 3.63) is 46.3 Å². The van der Waals surface area contributed by atoms with Crippen molar-refractivity contribution in [2.75, 3.05) is 18.0 Å². The number of hydrogen-bond donors (Lipinski definition) is 2. The minimum atomic E-state index is -0.466. The van der Waals surface area contributed by atoms with E-state index in [0.717, 1.165) is 18.8 Å². The van der Waals surface area contributed by atoms with Crippen molar-refractivity contribution in [2.24, 2.45) is 5.10 Å². The summed E-state index contributed by atoms with van der Waals surface area (Å²) in [4.78, 5) is 13.9. The van der Waals surface area contributed by atoms with E-state index in [2.05, 4.69) is 45.2 Å². The molecule has 0 atom stereocenters. The van der Waals surface area contributed by atoms with E-state index in [4.69, 9.17) is 4.42 Å². The maximum absolute atomic E-state index is 11.7. The smallest absolute Gasteiger partial charge is 0.307 e. The van der Waals surface area contributed by atoms with Crippen molar-refractivity contribution in [2.45, 2.75) is 13.8 Å². The molecular weight excluding hydrogens is 362 g/mol. The number of hydrogen-bond acceptors (Lipinski definition) is 5. The van der Waals surface area contributed by atoms with Gasteiger partial charge in [-0.2, -0.15) is 5.10 Å². The Labute approximate surface area is 142 Å². The summed E-state index contributed by atoms with van der Waals surface area (Å²) in [6, 6.07) is 8.49. The third-order valence-electron chi connectivity index (χ3n) is 3.31. The molecule has 0 aliphatic heterocycles. The maximum atomic E-state index is 11.7. The molecule has 0 aliphatic rings. The lowest BCUT2D eigenvalue weighted by molar-refractivity contribution is 0.0926. The van der Waals surface area contributed by atoms with Crippen LogP contribution in [0, 0.1) is 0 Å². The monoisotopic (exact) mass is 379 g/mol. The Balaban J connectivity index is 2.03. The molecule has 0 bridgehead atoms. The SMILES string of the molecule is CCN(CC)c1ccc(C=NNC(=O)c2ccc(Br)o2)c(O)c1. The zero-order chi connectivity index (χ0) is 16.8. The summed E-state index contributed by atoms with van der Waals surface area (Å²) in [5, 5.41) is 13.9. The molecule has 0 fully saturated rings. The average molecular weight is 380 g/mol. The standard InChI is InChI=1S/C16H18BrN3O3/c1-3-20(4-2)12-6-5-11(13(21)9-12)10-18-19-16(22)14-7-8-15(17)23-14/h5-10,21H,3-4H2,1-2H3,(H,19,22). The number of halogens is 1. The van der Waals surface area contributed by atoms with Gasteiger partial charge in [0, 0.05) is 30.4 Å². The molecule has 1 heterocycles. The van der Waals surface area contributed by atoms with Gasteiger partial charge in [0.2, 0.25) is 0 Å². The highest BCUT2D eigenvalue weighted by atomic mass is 79.9. The van der Waals surface area contributed by atoms with Crippen LogP contribution in [0.3, 0.4) is 0 Å². The molecule has 23 heavy (non-hydrogen) atoms. The molecule has 1 aromatic heterocycles. The fourth-order valence-electron chi connectivity index (χ4n) is 2.08.